The van der Waals surface area contributed by atoms with E-state index < -0.39 is 0 Å². The highest BCUT2D eigenvalue weighted by atomic mass is 35.5. The second-order valence-electron chi connectivity index (χ2n) is 4.16. The number of halogens is 1. The van der Waals surface area contributed by atoms with E-state index in [-0.39, 0.29) is 0 Å². The summed E-state index contributed by atoms with van der Waals surface area (Å²) in [5.41, 5.74) is 4.07. The quantitative estimate of drug-likeness (QED) is 0.684. The van der Waals surface area contributed by atoms with E-state index in [1.54, 1.807) is 6.33 Å². The molecule has 0 saturated carbocycles. The van der Waals surface area contributed by atoms with Gasteiger partial charge in [0.2, 0.25) is 0 Å². The van der Waals surface area contributed by atoms with Crippen molar-refractivity contribution in [1.82, 2.24) is 9.97 Å². The van der Waals surface area contributed by atoms with Gasteiger partial charge in [0.05, 0.1) is 5.69 Å². The molecule has 0 aliphatic carbocycles. The van der Waals surface area contributed by atoms with Crippen LogP contribution in [0.3, 0.4) is 0 Å². The van der Waals surface area contributed by atoms with Crippen LogP contribution in [0.4, 0.5) is 0 Å². The largest absolute Gasteiger partial charge is 0.244 e. The Hall–Kier alpha value is -2.19. The highest BCUT2D eigenvalue weighted by molar-refractivity contribution is 6.30. The number of aromatic nitrogens is 2. The van der Waals surface area contributed by atoms with Gasteiger partial charge in [0.1, 0.15) is 6.33 Å². The Bertz CT molecular complexity index is 679. The monoisotopic (exact) mass is 266 g/mol. The first-order valence-corrected chi connectivity index (χ1v) is 6.34. The highest BCUT2D eigenvalue weighted by Gasteiger charge is 2.08. The third kappa shape index (κ3) is 2.49. The number of hydrogen-bond donors (Lipinski definition) is 0. The lowest BCUT2D eigenvalue weighted by molar-refractivity contribution is 1.17. The van der Waals surface area contributed by atoms with Crippen LogP contribution in [0.25, 0.3) is 22.4 Å². The summed E-state index contributed by atoms with van der Waals surface area (Å²) in [6.07, 6.45) is 3.41. The van der Waals surface area contributed by atoms with Gasteiger partial charge >= 0.3 is 0 Å². The summed E-state index contributed by atoms with van der Waals surface area (Å²) >= 11 is 5.92. The zero-order chi connectivity index (χ0) is 13.1. The first-order chi connectivity index (χ1) is 9.34. The van der Waals surface area contributed by atoms with Crippen LogP contribution in [0.1, 0.15) is 0 Å². The van der Waals surface area contributed by atoms with E-state index in [9.17, 15) is 0 Å². The zero-order valence-electron chi connectivity index (χ0n) is 10.1. The van der Waals surface area contributed by atoms with Crippen LogP contribution in [-0.4, -0.2) is 9.97 Å². The molecule has 1 heterocycles. The number of hydrogen-bond acceptors (Lipinski definition) is 2. The fraction of sp³-hybridized carbons (Fsp3) is 0. The molecule has 0 radical (unpaired) electrons. The average Bonchev–Trinajstić information content (AvgIpc) is 2.49. The Kier molecular flexibility index (Phi) is 3.25. The topological polar surface area (TPSA) is 25.8 Å². The smallest absolute Gasteiger partial charge is 0.116 e. The first kappa shape index (κ1) is 11.9. The molecular formula is C16H11ClN2. The average molecular weight is 267 g/mol. The maximum Gasteiger partial charge on any atom is 0.116 e. The predicted molar refractivity (Wildman–Crippen MR) is 77.9 cm³/mol. The normalized spacial score (nSPS) is 10.4. The predicted octanol–water partition coefficient (Wildman–Crippen LogP) is 4.46. The SMILES string of the molecule is Clc1ccc(-c2ncncc2-c2ccccc2)cc1. The van der Waals surface area contributed by atoms with Gasteiger partial charge in [-0.3, -0.25) is 0 Å². The zero-order valence-corrected chi connectivity index (χ0v) is 10.9. The molecule has 0 fully saturated rings. The van der Waals surface area contributed by atoms with Gasteiger partial charge in [-0.15, -0.1) is 0 Å². The molecule has 0 saturated heterocycles. The number of nitrogens with zero attached hydrogens (tertiary/aromatic N) is 2. The summed E-state index contributed by atoms with van der Waals surface area (Å²) in [7, 11) is 0. The summed E-state index contributed by atoms with van der Waals surface area (Å²) < 4.78 is 0. The minimum atomic E-state index is 0.721. The minimum Gasteiger partial charge on any atom is -0.244 e. The van der Waals surface area contributed by atoms with Gasteiger partial charge in [0.25, 0.3) is 0 Å². The van der Waals surface area contributed by atoms with E-state index in [1.807, 2.05) is 48.7 Å². The van der Waals surface area contributed by atoms with Crippen molar-refractivity contribution in [3.63, 3.8) is 0 Å². The molecule has 3 rings (SSSR count). The molecule has 0 atom stereocenters. The third-order valence-electron chi connectivity index (χ3n) is 2.91. The molecule has 3 heteroatoms. The first-order valence-electron chi connectivity index (χ1n) is 5.96. The van der Waals surface area contributed by atoms with Crippen LogP contribution < -0.4 is 0 Å². The molecule has 19 heavy (non-hydrogen) atoms. The maximum atomic E-state index is 5.92. The maximum absolute atomic E-state index is 5.92. The van der Waals surface area contributed by atoms with Crippen LogP contribution in [0.15, 0.2) is 67.1 Å². The van der Waals surface area contributed by atoms with Gasteiger partial charge in [-0.25, -0.2) is 9.97 Å². The van der Waals surface area contributed by atoms with Crippen LogP contribution in [0.5, 0.6) is 0 Å². The summed E-state index contributed by atoms with van der Waals surface area (Å²) in [5.74, 6) is 0. The van der Waals surface area contributed by atoms with Crippen LogP contribution in [0, 0.1) is 0 Å². The van der Waals surface area contributed by atoms with Gasteiger partial charge < -0.3 is 0 Å². The van der Waals surface area contributed by atoms with Crippen molar-refractivity contribution in [3.05, 3.63) is 72.1 Å². The van der Waals surface area contributed by atoms with Crippen molar-refractivity contribution < 1.29 is 0 Å². The van der Waals surface area contributed by atoms with Gasteiger partial charge in [0, 0.05) is 22.3 Å². The molecule has 2 nitrogen and oxygen atoms in total. The van der Waals surface area contributed by atoms with Crippen molar-refractivity contribution in [2.75, 3.05) is 0 Å². The van der Waals surface area contributed by atoms with Crippen molar-refractivity contribution in [3.8, 4) is 22.4 Å². The lowest BCUT2D eigenvalue weighted by atomic mass is 10.0. The van der Waals surface area contributed by atoms with E-state index in [2.05, 4.69) is 22.1 Å². The summed E-state index contributed by atoms with van der Waals surface area (Å²) in [6, 6.07) is 17.8. The molecule has 3 aromatic rings. The Labute approximate surface area is 116 Å². The van der Waals surface area contributed by atoms with Crippen molar-refractivity contribution in [2.45, 2.75) is 0 Å². The molecule has 0 aliphatic heterocycles. The molecule has 92 valence electrons. The van der Waals surface area contributed by atoms with Gasteiger partial charge in [-0.05, 0) is 17.7 Å². The molecule has 0 N–H and O–H groups in total. The molecule has 2 aromatic carbocycles. The van der Waals surface area contributed by atoms with E-state index >= 15 is 0 Å². The summed E-state index contributed by atoms with van der Waals surface area (Å²) in [4.78, 5) is 8.53. The number of benzene rings is 2. The highest BCUT2D eigenvalue weighted by Crippen LogP contribution is 2.29. The van der Waals surface area contributed by atoms with E-state index in [0.717, 1.165) is 27.4 Å². The fourth-order valence-electron chi connectivity index (χ4n) is 2.00. The van der Waals surface area contributed by atoms with Gasteiger partial charge in [-0.2, -0.15) is 0 Å². The molecule has 0 spiro atoms. The lowest BCUT2D eigenvalue weighted by Crippen LogP contribution is -1.90. The molecule has 1 aromatic heterocycles. The van der Waals surface area contributed by atoms with E-state index in [4.69, 9.17) is 11.6 Å². The third-order valence-corrected chi connectivity index (χ3v) is 3.17. The van der Waals surface area contributed by atoms with Crippen molar-refractivity contribution in [1.29, 1.82) is 0 Å². The second kappa shape index (κ2) is 5.21. The fourth-order valence-corrected chi connectivity index (χ4v) is 2.12. The molecule has 0 bridgehead atoms. The van der Waals surface area contributed by atoms with Crippen molar-refractivity contribution >= 4 is 11.6 Å². The van der Waals surface area contributed by atoms with Crippen LogP contribution in [-0.2, 0) is 0 Å². The van der Waals surface area contributed by atoms with E-state index in [1.165, 1.54) is 0 Å². The van der Waals surface area contributed by atoms with Crippen LogP contribution >= 0.6 is 11.6 Å². The molecule has 0 amide bonds. The van der Waals surface area contributed by atoms with Gasteiger partial charge in [-0.1, -0.05) is 54.1 Å². The minimum absolute atomic E-state index is 0.721. The Morgan fingerprint density at radius 2 is 1.53 bits per heavy atom. The van der Waals surface area contributed by atoms with Crippen LogP contribution in [0.2, 0.25) is 5.02 Å². The second-order valence-corrected chi connectivity index (χ2v) is 4.59. The van der Waals surface area contributed by atoms with E-state index in [0.29, 0.717) is 0 Å². The molecular weight excluding hydrogens is 256 g/mol. The Morgan fingerprint density at radius 3 is 2.26 bits per heavy atom. The Balaban J connectivity index is 2.15. The molecule has 0 aliphatic rings. The summed E-state index contributed by atoms with van der Waals surface area (Å²) in [6.45, 7) is 0. The number of rotatable bonds is 2. The van der Waals surface area contributed by atoms with Crippen molar-refractivity contribution in [2.24, 2.45) is 0 Å². The standard InChI is InChI=1S/C16H11ClN2/c17-14-8-6-13(7-9-14)16-15(10-18-11-19-16)12-4-2-1-3-5-12/h1-11H. The lowest BCUT2D eigenvalue weighted by Gasteiger charge is -2.08. The molecule has 0 unspecified atom stereocenters. The summed E-state index contributed by atoms with van der Waals surface area (Å²) in [5, 5.41) is 0.721. The van der Waals surface area contributed by atoms with Gasteiger partial charge in [0.15, 0.2) is 0 Å². The Morgan fingerprint density at radius 1 is 0.789 bits per heavy atom.